The monoisotopic (exact) mass is 524 g/mol. The van der Waals surface area contributed by atoms with Gasteiger partial charge in [0.25, 0.3) is 0 Å². The number of aromatic carboxylic acids is 1. The predicted octanol–water partition coefficient (Wildman–Crippen LogP) is 8.52. The Kier molecular flexibility index (Phi) is 3.95. The van der Waals surface area contributed by atoms with Crippen LogP contribution in [0.4, 0.5) is 0 Å². The summed E-state index contributed by atoms with van der Waals surface area (Å²) in [6, 6.07) is 8.07. The van der Waals surface area contributed by atoms with Crippen molar-refractivity contribution in [1.29, 1.82) is 0 Å². The van der Waals surface area contributed by atoms with E-state index in [9.17, 15) is 9.90 Å². The maximum absolute atomic E-state index is 12.4. The van der Waals surface area contributed by atoms with E-state index in [1.165, 1.54) is 77.0 Å². The van der Waals surface area contributed by atoms with Crippen LogP contribution >= 0.6 is 15.9 Å². The third kappa shape index (κ3) is 2.77. The lowest BCUT2D eigenvalue weighted by Gasteiger charge is -2.79. The number of halogens is 1. The molecule has 8 bridgehead atoms. The molecule has 4 atom stereocenters. The highest BCUT2D eigenvalue weighted by Crippen LogP contribution is 2.84. The Morgan fingerprint density at radius 1 is 0.676 bits per heavy atom. The molecule has 2 nitrogen and oxygen atoms in total. The molecule has 1 aromatic rings. The zero-order valence-electron chi connectivity index (χ0n) is 21.5. The molecule has 0 aliphatic heterocycles. The van der Waals surface area contributed by atoms with Gasteiger partial charge >= 0.3 is 5.97 Å². The van der Waals surface area contributed by atoms with Crippen molar-refractivity contribution in [3.8, 4) is 0 Å². The standard InChI is InChI=1S/C31H41BrO2/c1-24-9-25(2)12-28(11-24,22-8-6-5-7-21(22)23(33)34)19-29(13-24,14-25)30-15-26(3)10-27(4,16-30)18-31(32,17-26)20-30/h5-8H,9-20H2,1-4H3,(H,33,34). The first kappa shape index (κ1) is 22.4. The van der Waals surface area contributed by atoms with Crippen LogP contribution in [0.25, 0.3) is 0 Å². The largest absolute Gasteiger partial charge is 0.478 e. The van der Waals surface area contributed by atoms with Gasteiger partial charge in [-0.3, -0.25) is 0 Å². The van der Waals surface area contributed by atoms with Gasteiger partial charge < -0.3 is 5.11 Å². The molecule has 0 amide bonds. The van der Waals surface area contributed by atoms with Gasteiger partial charge in [-0.2, -0.15) is 0 Å². The molecule has 3 heteroatoms. The third-order valence-corrected chi connectivity index (χ3v) is 12.8. The predicted molar refractivity (Wildman–Crippen MR) is 139 cm³/mol. The summed E-state index contributed by atoms with van der Waals surface area (Å²) >= 11 is 4.38. The molecule has 8 aliphatic rings. The fourth-order valence-corrected chi connectivity index (χ4v) is 15.7. The molecule has 9 rings (SSSR count). The van der Waals surface area contributed by atoms with Crippen molar-refractivity contribution in [2.24, 2.45) is 32.5 Å². The van der Waals surface area contributed by atoms with Crippen LogP contribution in [0.1, 0.15) is 121 Å². The highest BCUT2D eigenvalue weighted by atomic mass is 79.9. The lowest BCUT2D eigenvalue weighted by molar-refractivity contribution is -0.264. The van der Waals surface area contributed by atoms with Crippen LogP contribution in [0.2, 0.25) is 0 Å². The number of hydrogen-bond acceptors (Lipinski definition) is 1. The molecular formula is C31H41BrO2. The van der Waals surface area contributed by atoms with E-state index in [-0.39, 0.29) is 5.41 Å². The highest BCUT2D eigenvalue weighted by Gasteiger charge is 2.76. The van der Waals surface area contributed by atoms with Crippen molar-refractivity contribution < 1.29 is 9.90 Å². The number of alkyl halides is 1. The van der Waals surface area contributed by atoms with E-state index in [0.717, 1.165) is 5.56 Å². The van der Waals surface area contributed by atoms with Gasteiger partial charge in [-0.05, 0) is 127 Å². The second-order valence-corrected chi connectivity index (χ2v) is 17.9. The molecule has 0 radical (unpaired) electrons. The molecule has 0 spiro atoms. The minimum atomic E-state index is -0.745. The van der Waals surface area contributed by atoms with E-state index in [2.05, 4.69) is 55.8 Å². The molecule has 34 heavy (non-hydrogen) atoms. The molecular weight excluding hydrogens is 484 g/mol. The Balaban J connectivity index is 1.43. The van der Waals surface area contributed by atoms with E-state index < -0.39 is 5.97 Å². The van der Waals surface area contributed by atoms with Crippen LogP contribution < -0.4 is 0 Å². The summed E-state index contributed by atoms with van der Waals surface area (Å²) in [7, 11) is 0. The first-order chi connectivity index (χ1) is 15.7. The summed E-state index contributed by atoms with van der Waals surface area (Å²) in [5.41, 5.74) is 3.99. The van der Waals surface area contributed by atoms with Gasteiger partial charge in [-0.15, -0.1) is 0 Å². The van der Waals surface area contributed by atoms with Crippen molar-refractivity contribution in [3.63, 3.8) is 0 Å². The average Bonchev–Trinajstić information content (AvgIpc) is 2.61. The molecule has 1 aromatic carbocycles. The Morgan fingerprint density at radius 3 is 1.65 bits per heavy atom. The zero-order chi connectivity index (χ0) is 24.0. The maximum Gasteiger partial charge on any atom is 0.335 e. The van der Waals surface area contributed by atoms with Crippen LogP contribution in [0.3, 0.4) is 0 Å². The Hall–Kier alpha value is -0.830. The van der Waals surface area contributed by atoms with Crippen LogP contribution in [-0.4, -0.2) is 15.4 Å². The molecule has 0 heterocycles. The van der Waals surface area contributed by atoms with Crippen LogP contribution in [0.5, 0.6) is 0 Å². The lowest BCUT2D eigenvalue weighted by atomic mass is 9.26. The number of carbonyl (C=O) groups is 1. The zero-order valence-corrected chi connectivity index (χ0v) is 23.1. The number of rotatable bonds is 3. The molecule has 8 fully saturated rings. The van der Waals surface area contributed by atoms with Crippen molar-refractivity contribution in [2.45, 2.75) is 114 Å². The Bertz CT molecular complexity index is 1050. The minimum Gasteiger partial charge on any atom is -0.478 e. The third-order valence-electron chi connectivity index (χ3n) is 12.0. The van der Waals surface area contributed by atoms with Gasteiger partial charge in [0.2, 0.25) is 0 Å². The van der Waals surface area contributed by atoms with E-state index in [0.29, 0.717) is 42.4 Å². The molecule has 184 valence electrons. The Labute approximate surface area is 213 Å². The molecule has 0 saturated heterocycles. The summed E-state index contributed by atoms with van der Waals surface area (Å²) in [6.45, 7) is 10.4. The topological polar surface area (TPSA) is 37.3 Å². The molecule has 8 aliphatic carbocycles. The maximum atomic E-state index is 12.4. The van der Waals surface area contributed by atoms with Gasteiger partial charge in [-0.1, -0.05) is 61.8 Å². The van der Waals surface area contributed by atoms with E-state index >= 15 is 0 Å². The van der Waals surface area contributed by atoms with Crippen molar-refractivity contribution in [1.82, 2.24) is 0 Å². The number of benzene rings is 1. The number of hydrogen-bond donors (Lipinski definition) is 1. The van der Waals surface area contributed by atoms with E-state index in [4.69, 9.17) is 0 Å². The minimum absolute atomic E-state index is 0.0118. The fourth-order valence-electron chi connectivity index (χ4n) is 13.8. The van der Waals surface area contributed by atoms with Crippen molar-refractivity contribution >= 4 is 21.9 Å². The average molecular weight is 526 g/mol. The van der Waals surface area contributed by atoms with E-state index in [1.54, 1.807) is 0 Å². The number of carboxylic acids is 1. The normalized spacial score (nSPS) is 56.7. The molecule has 4 unspecified atom stereocenters. The molecule has 0 aromatic heterocycles. The molecule has 8 saturated carbocycles. The van der Waals surface area contributed by atoms with Crippen LogP contribution in [0, 0.1) is 32.5 Å². The van der Waals surface area contributed by atoms with Gasteiger partial charge in [0.05, 0.1) is 5.56 Å². The van der Waals surface area contributed by atoms with Gasteiger partial charge in [-0.25, -0.2) is 4.79 Å². The smallest absolute Gasteiger partial charge is 0.335 e. The lowest BCUT2D eigenvalue weighted by Crippen LogP contribution is -2.71. The summed E-state index contributed by atoms with van der Waals surface area (Å²) in [6.07, 6.45) is 15.8. The van der Waals surface area contributed by atoms with E-state index in [1.807, 2.05) is 12.1 Å². The van der Waals surface area contributed by atoms with Crippen molar-refractivity contribution in [2.75, 3.05) is 0 Å². The van der Waals surface area contributed by atoms with Crippen LogP contribution in [0.15, 0.2) is 24.3 Å². The first-order valence-corrected chi connectivity index (χ1v) is 14.5. The summed E-state index contributed by atoms with van der Waals surface area (Å²) in [5, 5.41) is 10.2. The molecule has 1 N–H and O–H groups in total. The first-order valence-electron chi connectivity index (χ1n) is 13.7. The van der Waals surface area contributed by atoms with Gasteiger partial charge in [0.15, 0.2) is 0 Å². The Morgan fingerprint density at radius 2 is 1.15 bits per heavy atom. The van der Waals surface area contributed by atoms with Crippen molar-refractivity contribution in [3.05, 3.63) is 35.4 Å². The second kappa shape index (κ2) is 6.00. The van der Waals surface area contributed by atoms with Crippen LogP contribution in [-0.2, 0) is 5.41 Å². The van der Waals surface area contributed by atoms with Gasteiger partial charge in [0.1, 0.15) is 0 Å². The SMILES string of the molecule is CC12CC3(C)CC(Br)(C1)CC(C14CC5(C)CC(C)(CC(c6ccccc6C(=O)O)(C5)C1)C4)(C2)C3. The quantitative estimate of drug-likeness (QED) is 0.402. The van der Waals surface area contributed by atoms with Gasteiger partial charge in [0, 0.05) is 4.32 Å². The summed E-state index contributed by atoms with van der Waals surface area (Å²) < 4.78 is 0.308. The summed E-state index contributed by atoms with van der Waals surface area (Å²) in [5.74, 6) is -0.745. The highest BCUT2D eigenvalue weighted by molar-refractivity contribution is 9.10. The fraction of sp³-hybridized carbons (Fsp3) is 0.774. The number of carboxylic acid groups (broad SMARTS) is 1. The second-order valence-electron chi connectivity index (χ2n) is 16.2. The summed E-state index contributed by atoms with van der Waals surface area (Å²) in [4.78, 5) is 12.4.